The van der Waals surface area contributed by atoms with Gasteiger partial charge < -0.3 is 5.11 Å². The van der Waals surface area contributed by atoms with Gasteiger partial charge in [-0.25, -0.2) is 9.78 Å². The van der Waals surface area contributed by atoms with Crippen LogP contribution < -0.4 is 0 Å². The average molecular weight is 308 g/mol. The summed E-state index contributed by atoms with van der Waals surface area (Å²) in [5.74, 6) is -0.905. The van der Waals surface area contributed by atoms with Gasteiger partial charge in [-0.1, -0.05) is 12.1 Å². The maximum absolute atomic E-state index is 11.4. The number of hydrogen-bond donors (Lipinski definition) is 1. The second-order valence-corrected chi connectivity index (χ2v) is 5.52. The number of fused-ring (bicyclic) bond motifs is 1. The minimum Gasteiger partial charge on any atom is -0.476 e. The van der Waals surface area contributed by atoms with Gasteiger partial charge in [0.15, 0.2) is 11.5 Å². The Morgan fingerprint density at radius 1 is 1.13 bits per heavy atom. The van der Waals surface area contributed by atoms with E-state index in [0.29, 0.717) is 11.3 Å². The largest absolute Gasteiger partial charge is 0.476 e. The predicted molar refractivity (Wildman–Crippen MR) is 87.0 cm³/mol. The summed E-state index contributed by atoms with van der Waals surface area (Å²) in [6.07, 6.45) is 1.73. The van der Waals surface area contributed by atoms with Crippen LogP contribution in [-0.4, -0.2) is 20.5 Å². The highest BCUT2D eigenvalue weighted by molar-refractivity contribution is 5.92. The Bertz CT molecular complexity index is 921. The number of imidazole rings is 1. The molecule has 6 nitrogen and oxygen atoms in total. The van der Waals surface area contributed by atoms with Crippen LogP contribution in [0, 0.1) is 20.8 Å². The summed E-state index contributed by atoms with van der Waals surface area (Å²) in [4.78, 5) is 15.6. The van der Waals surface area contributed by atoms with Crippen molar-refractivity contribution in [2.45, 2.75) is 20.8 Å². The highest BCUT2D eigenvalue weighted by Gasteiger charge is 2.19. The molecule has 0 spiro atoms. The Labute approximate surface area is 133 Å². The Hall–Kier alpha value is -3.02. The Kier molecular flexibility index (Phi) is 3.65. The van der Waals surface area contributed by atoms with Gasteiger partial charge in [0.2, 0.25) is 0 Å². The fourth-order valence-electron chi connectivity index (χ4n) is 2.54. The molecule has 0 aliphatic heterocycles. The molecule has 0 bridgehead atoms. The zero-order chi connectivity index (χ0) is 16.6. The normalized spacial score (nSPS) is 11.4. The van der Waals surface area contributed by atoms with Crippen molar-refractivity contribution in [2.24, 2.45) is 10.2 Å². The zero-order valence-corrected chi connectivity index (χ0v) is 13.1. The first kappa shape index (κ1) is 14.9. The van der Waals surface area contributed by atoms with Crippen LogP contribution in [0.25, 0.3) is 5.65 Å². The number of azo groups is 1. The van der Waals surface area contributed by atoms with E-state index < -0.39 is 5.97 Å². The van der Waals surface area contributed by atoms with Crippen LogP contribution in [0.5, 0.6) is 0 Å². The summed E-state index contributed by atoms with van der Waals surface area (Å²) >= 11 is 0. The van der Waals surface area contributed by atoms with Gasteiger partial charge in [-0.2, -0.15) is 0 Å². The van der Waals surface area contributed by atoms with E-state index >= 15 is 0 Å². The summed E-state index contributed by atoms with van der Waals surface area (Å²) < 4.78 is 1.64. The lowest BCUT2D eigenvalue weighted by molar-refractivity contribution is 0.0692. The molecule has 1 aromatic carbocycles. The summed E-state index contributed by atoms with van der Waals surface area (Å²) in [7, 11) is 0. The summed E-state index contributed by atoms with van der Waals surface area (Å²) in [6, 6.07) is 9.53. The zero-order valence-electron chi connectivity index (χ0n) is 13.1. The van der Waals surface area contributed by atoms with Crippen LogP contribution in [0.2, 0.25) is 0 Å². The molecule has 6 heteroatoms. The fraction of sp³-hybridized carbons (Fsp3) is 0.176. The first-order valence-electron chi connectivity index (χ1n) is 7.16. The molecule has 0 unspecified atom stereocenters. The number of carbonyl (C=O) groups is 1. The fourth-order valence-corrected chi connectivity index (χ4v) is 2.54. The van der Waals surface area contributed by atoms with Gasteiger partial charge >= 0.3 is 5.97 Å². The number of carboxylic acid groups (broad SMARTS) is 1. The third-order valence-electron chi connectivity index (χ3n) is 3.49. The molecule has 1 N–H and O–H groups in total. The lowest BCUT2D eigenvalue weighted by Crippen LogP contribution is -1.96. The third kappa shape index (κ3) is 2.83. The van der Waals surface area contributed by atoms with E-state index in [1.807, 2.05) is 51.1 Å². The minimum absolute atomic E-state index is 0.104. The number of nitrogens with zero attached hydrogens (tertiary/aromatic N) is 4. The van der Waals surface area contributed by atoms with Gasteiger partial charge in [0.1, 0.15) is 5.65 Å². The van der Waals surface area contributed by atoms with Crippen LogP contribution in [0.15, 0.2) is 46.8 Å². The average Bonchev–Trinajstić information content (AvgIpc) is 2.84. The van der Waals surface area contributed by atoms with Gasteiger partial charge in [0, 0.05) is 6.20 Å². The first-order valence-corrected chi connectivity index (χ1v) is 7.16. The SMILES string of the molecule is Cc1cc(C)cc(N=Nc2c(C(=O)O)nc3c(C)cccn23)c1. The number of aromatic carboxylic acids is 1. The van der Waals surface area contributed by atoms with Crippen molar-refractivity contribution in [3.8, 4) is 0 Å². The van der Waals surface area contributed by atoms with Gasteiger partial charge in [-0.05, 0) is 55.7 Å². The van der Waals surface area contributed by atoms with E-state index in [9.17, 15) is 9.90 Å². The Morgan fingerprint density at radius 3 is 2.48 bits per heavy atom. The van der Waals surface area contributed by atoms with Crippen molar-refractivity contribution >= 4 is 23.1 Å². The minimum atomic E-state index is -1.12. The number of pyridine rings is 1. The third-order valence-corrected chi connectivity index (χ3v) is 3.49. The molecule has 23 heavy (non-hydrogen) atoms. The smallest absolute Gasteiger partial charge is 0.358 e. The molecule has 0 aliphatic carbocycles. The number of aromatic nitrogens is 2. The van der Waals surface area contributed by atoms with Crippen molar-refractivity contribution in [3.63, 3.8) is 0 Å². The molecule has 0 aliphatic rings. The molecule has 0 saturated carbocycles. The van der Waals surface area contributed by atoms with Crippen LogP contribution in [0.3, 0.4) is 0 Å². The molecule has 0 fully saturated rings. The summed E-state index contributed by atoms with van der Waals surface area (Å²) in [5, 5.41) is 17.7. The van der Waals surface area contributed by atoms with Gasteiger partial charge in [-0.15, -0.1) is 10.2 Å². The van der Waals surface area contributed by atoms with Crippen LogP contribution in [0.4, 0.5) is 11.5 Å². The lowest BCUT2D eigenvalue weighted by Gasteiger charge is -2.00. The second kappa shape index (κ2) is 5.64. The standard InChI is InChI=1S/C17H16N4O2/c1-10-7-11(2)9-13(8-10)19-20-16-14(17(22)23)18-15-12(3)5-4-6-21(15)16/h4-9H,1-3H3,(H,22,23). The first-order chi connectivity index (χ1) is 11.0. The number of carboxylic acids is 1. The molecule has 0 radical (unpaired) electrons. The van der Waals surface area contributed by atoms with Crippen LogP contribution >= 0.6 is 0 Å². The molecular formula is C17H16N4O2. The van der Waals surface area contributed by atoms with Crippen LogP contribution in [-0.2, 0) is 0 Å². The van der Waals surface area contributed by atoms with E-state index in [1.165, 1.54) is 0 Å². The van der Waals surface area contributed by atoms with Gasteiger partial charge in [-0.3, -0.25) is 4.40 Å². The van der Waals surface area contributed by atoms with Crippen LogP contribution in [0.1, 0.15) is 27.2 Å². The van der Waals surface area contributed by atoms with E-state index in [0.717, 1.165) is 16.7 Å². The predicted octanol–water partition coefficient (Wildman–Crippen LogP) is 4.37. The Morgan fingerprint density at radius 2 is 1.83 bits per heavy atom. The molecule has 3 rings (SSSR count). The monoisotopic (exact) mass is 308 g/mol. The number of hydrogen-bond acceptors (Lipinski definition) is 4. The number of benzene rings is 1. The second-order valence-electron chi connectivity index (χ2n) is 5.52. The Balaban J connectivity index is 2.15. The van der Waals surface area contributed by atoms with Crippen molar-refractivity contribution in [1.82, 2.24) is 9.38 Å². The quantitative estimate of drug-likeness (QED) is 0.729. The maximum atomic E-state index is 11.4. The van der Waals surface area contributed by atoms with Crippen molar-refractivity contribution in [2.75, 3.05) is 0 Å². The van der Waals surface area contributed by atoms with E-state index in [-0.39, 0.29) is 11.5 Å². The van der Waals surface area contributed by atoms with Crippen molar-refractivity contribution in [1.29, 1.82) is 0 Å². The highest BCUT2D eigenvalue weighted by atomic mass is 16.4. The van der Waals surface area contributed by atoms with Crippen molar-refractivity contribution < 1.29 is 9.90 Å². The van der Waals surface area contributed by atoms with E-state index in [4.69, 9.17) is 0 Å². The molecule has 3 aromatic rings. The number of aryl methyl sites for hydroxylation is 3. The number of rotatable bonds is 3. The summed E-state index contributed by atoms with van der Waals surface area (Å²) in [5.41, 5.74) is 4.17. The molecule has 2 aromatic heterocycles. The molecule has 2 heterocycles. The topological polar surface area (TPSA) is 79.3 Å². The molecule has 116 valence electrons. The van der Waals surface area contributed by atoms with E-state index in [2.05, 4.69) is 15.2 Å². The van der Waals surface area contributed by atoms with Gasteiger partial charge in [0.05, 0.1) is 5.69 Å². The van der Waals surface area contributed by atoms with Gasteiger partial charge in [0.25, 0.3) is 0 Å². The highest BCUT2D eigenvalue weighted by Crippen LogP contribution is 2.26. The molecule has 0 atom stereocenters. The van der Waals surface area contributed by atoms with E-state index in [1.54, 1.807) is 10.6 Å². The molecule has 0 saturated heterocycles. The molecule has 0 amide bonds. The lowest BCUT2D eigenvalue weighted by atomic mass is 10.1. The van der Waals surface area contributed by atoms with Crippen molar-refractivity contribution in [3.05, 3.63) is 58.9 Å². The maximum Gasteiger partial charge on any atom is 0.358 e. The summed E-state index contributed by atoms with van der Waals surface area (Å²) in [6.45, 7) is 5.83. The molecular weight excluding hydrogens is 292 g/mol.